The van der Waals surface area contributed by atoms with Crippen molar-refractivity contribution in [3.8, 4) is 5.82 Å². The van der Waals surface area contributed by atoms with E-state index in [9.17, 15) is 9.59 Å². The van der Waals surface area contributed by atoms with Gasteiger partial charge in [-0.3, -0.25) is 9.36 Å². The van der Waals surface area contributed by atoms with Crippen LogP contribution in [0.2, 0.25) is 5.02 Å². The van der Waals surface area contributed by atoms with E-state index in [1.165, 1.54) is 6.33 Å². The molecule has 0 N–H and O–H groups in total. The molecule has 5 rings (SSSR count). The van der Waals surface area contributed by atoms with Gasteiger partial charge < -0.3 is 19.4 Å². The molecule has 190 valence electrons. The van der Waals surface area contributed by atoms with Crippen molar-refractivity contribution in [3.05, 3.63) is 35.9 Å². The summed E-state index contributed by atoms with van der Waals surface area (Å²) in [5, 5.41) is 1.33. The number of carbonyl (C=O) groups is 2. The minimum absolute atomic E-state index is 0.0422. The quantitative estimate of drug-likeness (QED) is 0.489. The fraction of sp³-hybridized carbons (Fsp3) is 0.480. The molecule has 36 heavy (non-hydrogen) atoms. The molecular formula is C25H30ClN7O3. The van der Waals surface area contributed by atoms with Gasteiger partial charge in [0, 0.05) is 61.6 Å². The second-order valence-corrected chi connectivity index (χ2v) is 10.8. The van der Waals surface area contributed by atoms with Crippen LogP contribution in [0.4, 0.5) is 16.3 Å². The molecular weight excluding hydrogens is 482 g/mol. The van der Waals surface area contributed by atoms with Gasteiger partial charge in [-0.15, -0.1) is 0 Å². The van der Waals surface area contributed by atoms with Gasteiger partial charge in [0.1, 0.15) is 23.6 Å². The summed E-state index contributed by atoms with van der Waals surface area (Å²) in [6.07, 6.45) is 5.23. The highest BCUT2D eigenvalue weighted by molar-refractivity contribution is 6.30. The van der Waals surface area contributed by atoms with Crippen molar-refractivity contribution in [2.75, 3.05) is 29.4 Å². The van der Waals surface area contributed by atoms with Crippen LogP contribution in [-0.2, 0) is 9.53 Å². The molecule has 0 bridgehead atoms. The summed E-state index contributed by atoms with van der Waals surface area (Å²) >= 11 is 6.24. The lowest BCUT2D eigenvalue weighted by Crippen LogP contribution is -2.59. The Bertz CT molecular complexity index is 1330. The summed E-state index contributed by atoms with van der Waals surface area (Å²) in [4.78, 5) is 44.7. The van der Waals surface area contributed by atoms with Crippen LogP contribution in [0, 0.1) is 0 Å². The Morgan fingerprint density at radius 1 is 1.14 bits per heavy atom. The minimum Gasteiger partial charge on any atom is -0.444 e. The molecule has 0 aliphatic carbocycles. The normalized spacial score (nSPS) is 20.6. The van der Waals surface area contributed by atoms with Crippen molar-refractivity contribution in [1.29, 1.82) is 0 Å². The smallest absolute Gasteiger partial charge is 0.410 e. The molecule has 0 radical (unpaired) electrons. The lowest BCUT2D eigenvalue weighted by atomic mass is 10.1. The van der Waals surface area contributed by atoms with Gasteiger partial charge in [-0.2, -0.15) is 0 Å². The molecule has 2 aliphatic rings. The van der Waals surface area contributed by atoms with Crippen LogP contribution in [0.25, 0.3) is 16.9 Å². The Labute approximate surface area is 214 Å². The molecule has 2 amide bonds. The highest BCUT2D eigenvalue weighted by Gasteiger charge is 2.37. The van der Waals surface area contributed by atoms with E-state index in [1.54, 1.807) is 28.1 Å². The zero-order chi connectivity index (χ0) is 25.8. The predicted octanol–water partition coefficient (Wildman–Crippen LogP) is 4.04. The average molecular weight is 512 g/mol. The summed E-state index contributed by atoms with van der Waals surface area (Å²) in [5.41, 5.74) is 0.818. The van der Waals surface area contributed by atoms with Gasteiger partial charge in [0.25, 0.3) is 0 Å². The molecule has 2 fully saturated rings. The van der Waals surface area contributed by atoms with E-state index < -0.39 is 5.60 Å². The summed E-state index contributed by atoms with van der Waals surface area (Å²) in [7, 11) is 0. The number of hydrogen-bond acceptors (Lipinski definition) is 7. The largest absolute Gasteiger partial charge is 0.444 e. The summed E-state index contributed by atoms with van der Waals surface area (Å²) in [6, 6.07) is 3.32. The summed E-state index contributed by atoms with van der Waals surface area (Å²) < 4.78 is 7.48. The SMILES string of the molecule is C[C@@H]1CN(c2ncnc3c2c(N2CCC2=O)cn3-c2cc(Cl)ccn2)[C@@H](C)CN1C(=O)OC(C)(C)C. The summed E-state index contributed by atoms with van der Waals surface area (Å²) in [6.45, 7) is 11.3. The number of aromatic nitrogens is 4. The van der Waals surface area contributed by atoms with Gasteiger partial charge in [0.05, 0.1) is 11.1 Å². The van der Waals surface area contributed by atoms with Gasteiger partial charge in [0.15, 0.2) is 5.65 Å². The van der Waals surface area contributed by atoms with Crippen LogP contribution >= 0.6 is 11.6 Å². The zero-order valence-electron chi connectivity index (χ0n) is 21.1. The third kappa shape index (κ3) is 4.34. The van der Waals surface area contributed by atoms with E-state index in [2.05, 4.69) is 26.8 Å². The van der Waals surface area contributed by atoms with Gasteiger partial charge in [-0.05, 0) is 40.7 Å². The maximum absolute atomic E-state index is 12.8. The monoisotopic (exact) mass is 511 g/mol. The minimum atomic E-state index is -0.564. The van der Waals surface area contributed by atoms with Crippen molar-refractivity contribution in [1.82, 2.24) is 24.4 Å². The summed E-state index contributed by atoms with van der Waals surface area (Å²) in [5.74, 6) is 1.38. The van der Waals surface area contributed by atoms with Gasteiger partial charge in [-0.25, -0.2) is 19.7 Å². The van der Waals surface area contributed by atoms with Crippen molar-refractivity contribution in [2.24, 2.45) is 0 Å². The van der Waals surface area contributed by atoms with E-state index in [-0.39, 0.29) is 24.1 Å². The number of halogens is 1. The van der Waals surface area contributed by atoms with Crippen molar-refractivity contribution < 1.29 is 14.3 Å². The standard InChI is InChI=1S/C25H30ClN7O3/c1-15-12-32(24(35)36-25(3,4)5)16(2)11-31(15)22-21-18(30-9-7-20(30)34)13-33(23(21)29-14-28-22)19-10-17(26)6-8-27-19/h6,8,10,13-16H,7,9,11-12H2,1-5H3/t15-,16+/m0/s1. The zero-order valence-corrected chi connectivity index (χ0v) is 21.9. The molecule has 0 unspecified atom stereocenters. The Balaban J connectivity index is 1.57. The van der Waals surface area contributed by atoms with Crippen LogP contribution in [0.1, 0.15) is 41.0 Å². The second kappa shape index (κ2) is 8.92. The number of carbonyl (C=O) groups excluding carboxylic acids is 2. The van der Waals surface area contributed by atoms with Gasteiger partial charge in [0.2, 0.25) is 5.91 Å². The number of nitrogens with zero attached hydrogens (tertiary/aromatic N) is 7. The van der Waals surface area contributed by atoms with Crippen LogP contribution in [0.5, 0.6) is 0 Å². The third-order valence-electron chi connectivity index (χ3n) is 6.52. The van der Waals surface area contributed by atoms with Crippen molar-refractivity contribution >= 4 is 46.1 Å². The highest BCUT2D eigenvalue weighted by Crippen LogP contribution is 2.39. The fourth-order valence-electron chi connectivity index (χ4n) is 4.72. The Morgan fingerprint density at radius 3 is 2.56 bits per heavy atom. The maximum Gasteiger partial charge on any atom is 0.410 e. The first-order valence-corrected chi connectivity index (χ1v) is 12.5. The number of β-lactam (4-membered cyclic amide) rings is 1. The van der Waals surface area contributed by atoms with E-state index in [0.717, 1.165) is 16.9 Å². The number of fused-ring (bicyclic) bond motifs is 1. The number of anilines is 2. The molecule has 2 atom stereocenters. The lowest BCUT2D eigenvalue weighted by Gasteiger charge is -2.45. The third-order valence-corrected chi connectivity index (χ3v) is 6.76. The number of rotatable bonds is 3. The molecule has 3 aromatic rings. The lowest BCUT2D eigenvalue weighted by molar-refractivity contribution is -0.122. The maximum atomic E-state index is 12.8. The van der Waals surface area contributed by atoms with Crippen molar-refractivity contribution in [3.63, 3.8) is 0 Å². The molecule has 0 aromatic carbocycles. The highest BCUT2D eigenvalue weighted by atomic mass is 35.5. The first-order valence-electron chi connectivity index (χ1n) is 12.1. The first kappa shape index (κ1) is 24.3. The van der Waals surface area contributed by atoms with E-state index >= 15 is 0 Å². The van der Waals surface area contributed by atoms with Gasteiger partial charge in [-0.1, -0.05) is 11.6 Å². The number of pyridine rings is 1. The van der Waals surface area contributed by atoms with E-state index in [0.29, 0.717) is 42.5 Å². The average Bonchev–Trinajstić information content (AvgIpc) is 3.17. The van der Waals surface area contributed by atoms with Crippen LogP contribution < -0.4 is 9.80 Å². The van der Waals surface area contributed by atoms with E-state index in [4.69, 9.17) is 16.3 Å². The van der Waals surface area contributed by atoms with Crippen LogP contribution in [0.3, 0.4) is 0 Å². The number of amides is 2. The Morgan fingerprint density at radius 2 is 1.92 bits per heavy atom. The number of ether oxygens (including phenoxy) is 1. The number of piperazine rings is 1. The fourth-order valence-corrected chi connectivity index (χ4v) is 4.87. The number of hydrogen-bond donors (Lipinski definition) is 0. The van der Waals surface area contributed by atoms with E-state index in [1.807, 2.05) is 38.5 Å². The van der Waals surface area contributed by atoms with Crippen LogP contribution in [-0.4, -0.2) is 73.7 Å². The van der Waals surface area contributed by atoms with Gasteiger partial charge >= 0.3 is 6.09 Å². The molecule has 10 nitrogen and oxygen atoms in total. The first-order chi connectivity index (χ1) is 17.0. The molecule has 2 saturated heterocycles. The van der Waals surface area contributed by atoms with Crippen LogP contribution in [0.15, 0.2) is 30.9 Å². The molecule has 3 aromatic heterocycles. The molecule has 11 heteroatoms. The topological polar surface area (TPSA) is 96.7 Å². The Kier molecular flexibility index (Phi) is 6.02. The molecule has 2 aliphatic heterocycles. The second-order valence-electron chi connectivity index (χ2n) is 10.4. The molecule has 0 spiro atoms. The predicted molar refractivity (Wildman–Crippen MR) is 138 cm³/mol. The Hall–Kier alpha value is -3.40. The molecule has 5 heterocycles. The van der Waals surface area contributed by atoms with Crippen molar-refractivity contribution in [2.45, 2.75) is 58.7 Å². The molecule has 0 saturated carbocycles.